The third kappa shape index (κ3) is 3.11. The third-order valence-electron chi connectivity index (χ3n) is 1.86. The fraction of sp³-hybridized carbons (Fsp3) is 0.143. The summed E-state index contributed by atoms with van der Waals surface area (Å²) in [4.78, 5) is 8.93. The molecule has 0 bridgehead atoms. The van der Waals surface area contributed by atoms with Crippen LogP contribution in [-0.2, 0) is 6.18 Å². The molecule has 0 aliphatic carbocycles. The Morgan fingerprint density at radius 1 is 1.12 bits per heavy atom. The first kappa shape index (κ1) is 13.3. The van der Waals surface area contributed by atoms with Crippen LogP contribution in [-0.4, -0.2) is 11.9 Å². The molecule has 3 nitrogen and oxygen atoms in total. The summed E-state index contributed by atoms with van der Waals surface area (Å²) < 4.78 is 73.5. The largest absolute Gasteiger partial charge is 0.509 e. The van der Waals surface area contributed by atoms with Crippen molar-refractivity contribution >= 4 is 18.1 Å². The lowest BCUT2D eigenvalue weighted by atomic mass is 9.79. The molecule has 0 saturated heterocycles. The van der Waals surface area contributed by atoms with Crippen LogP contribution in [0.15, 0.2) is 18.2 Å². The molecular weight excluding hydrogens is 255 g/mol. The first-order chi connectivity index (χ1) is 7.51. The fourth-order valence-corrected chi connectivity index (χ4v) is 1.09. The molecule has 0 radical (unpaired) electrons. The molecule has 0 spiro atoms. The molecule has 1 rings (SSSR count). The second-order valence-electron chi connectivity index (χ2n) is 3.14. The van der Waals surface area contributed by atoms with Gasteiger partial charge in [-0.15, -0.1) is 5.46 Å². The average molecular weight is 258 g/mol. The molecule has 0 amide bonds. The highest BCUT2D eigenvalue weighted by Crippen LogP contribution is 2.31. The number of halogens is 6. The van der Waals surface area contributed by atoms with Crippen molar-refractivity contribution < 1.29 is 31.0 Å². The van der Waals surface area contributed by atoms with Gasteiger partial charge in [0.1, 0.15) is 0 Å². The number of non-ortho nitro benzene ring substituents is 1. The Morgan fingerprint density at radius 3 is 2.00 bits per heavy atom. The summed E-state index contributed by atoms with van der Waals surface area (Å²) in [5, 5.41) is 10.2. The first-order valence-electron chi connectivity index (χ1n) is 4.08. The van der Waals surface area contributed by atoms with Gasteiger partial charge in [0.2, 0.25) is 0 Å². The van der Waals surface area contributed by atoms with Gasteiger partial charge in [0.25, 0.3) is 5.69 Å². The maximum atomic E-state index is 12.3. The maximum Gasteiger partial charge on any atom is 0.509 e. The molecule has 0 saturated carbocycles. The molecule has 0 atom stereocenters. The summed E-state index contributed by atoms with van der Waals surface area (Å²) >= 11 is 0. The SMILES string of the molecule is O=[N+]([O-])c1cc([B-](F)(F)F)cc(C(F)(F)F)c1. The van der Waals surface area contributed by atoms with Crippen molar-refractivity contribution in [1.82, 2.24) is 0 Å². The van der Waals surface area contributed by atoms with Crippen LogP contribution in [0.2, 0.25) is 0 Å². The third-order valence-corrected chi connectivity index (χ3v) is 1.86. The van der Waals surface area contributed by atoms with Crippen LogP contribution >= 0.6 is 0 Å². The lowest BCUT2D eigenvalue weighted by Gasteiger charge is -2.16. The van der Waals surface area contributed by atoms with Gasteiger partial charge in [0, 0.05) is 6.07 Å². The molecule has 0 aliphatic rings. The number of benzene rings is 1. The van der Waals surface area contributed by atoms with Crippen LogP contribution in [0.3, 0.4) is 0 Å². The Hall–Kier alpha value is -1.74. The molecule has 0 N–H and O–H groups in total. The summed E-state index contributed by atoms with van der Waals surface area (Å²) in [5.41, 5.74) is -4.58. The van der Waals surface area contributed by atoms with Crippen molar-refractivity contribution in [3.63, 3.8) is 0 Å². The summed E-state index contributed by atoms with van der Waals surface area (Å²) in [6.07, 6.45) is -5.07. The van der Waals surface area contributed by atoms with Gasteiger partial charge in [0.05, 0.1) is 10.5 Å². The van der Waals surface area contributed by atoms with Crippen LogP contribution in [0.4, 0.5) is 31.8 Å². The van der Waals surface area contributed by atoms with E-state index >= 15 is 0 Å². The number of alkyl halides is 3. The Labute approximate surface area is 90.2 Å². The van der Waals surface area contributed by atoms with Crippen LogP contribution in [0.5, 0.6) is 0 Å². The van der Waals surface area contributed by atoms with Crippen molar-refractivity contribution in [2.24, 2.45) is 0 Å². The molecule has 0 unspecified atom stereocenters. The first-order valence-corrected chi connectivity index (χ1v) is 4.08. The highest BCUT2D eigenvalue weighted by atomic mass is 19.4. The van der Waals surface area contributed by atoms with E-state index in [4.69, 9.17) is 0 Å². The second-order valence-corrected chi connectivity index (χ2v) is 3.14. The van der Waals surface area contributed by atoms with Gasteiger partial charge in [-0.05, 0) is 6.07 Å². The van der Waals surface area contributed by atoms with E-state index in [0.717, 1.165) is 0 Å². The Bertz CT molecular complexity index is 422. The lowest BCUT2D eigenvalue weighted by Crippen LogP contribution is -2.35. The molecule has 94 valence electrons. The number of hydrogen-bond donors (Lipinski definition) is 0. The summed E-state index contributed by atoms with van der Waals surface area (Å²) in [7, 11) is 0. The predicted octanol–water partition coefficient (Wildman–Crippen LogP) is 2.67. The van der Waals surface area contributed by atoms with E-state index in [1.54, 1.807) is 0 Å². The average Bonchev–Trinajstić information content (AvgIpc) is 2.14. The second kappa shape index (κ2) is 3.93. The van der Waals surface area contributed by atoms with E-state index in [0.29, 0.717) is 0 Å². The van der Waals surface area contributed by atoms with Crippen molar-refractivity contribution in [2.45, 2.75) is 6.18 Å². The highest BCUT2D eigenvalue weighted by Gasteiger charge is 2.35. The highest BCUT2D eigenvalue weighted by molar-refractivity contribution is 6.73. The maximum absolute atomic E-state index is 12.3. The van der Waals surface area contributed by atoms with Crippen molar-refractivity contribution in [2.75, 3.05) is 0 Å². The van der Waals surface area contributed by atoms with Gasteiger partial charge in [-0.1, -0.05) is 6.07 Å². The van der Waals surface area contributed by atoms with Crippen molar-refractivity contribution in [3.05, 3.63) is 33.9 Å². The summed E-state index contributed by atoms with van der Waals surface area (Å²) in [6.45, 7) is -5.73. The Kier molecular flexibility index (Phi) is 3.08. The smallest absolute Gasteiger partial charge is 0.445 e. The van der Waals surface area contributed by atoms with Crippen molar-refractivity contribution in [1.29, 1.82) is 0 Å². The number of nitro groups is 1. The van der Waals surface area contributed by atoms with E-state index in [-0.39, 0.29) is 18.2 Å². The van der Waals surface area contributed by atoms with E-state index in [1.807, 2.05) is 0 Å². The predicted molar refractivity (Wildman–Crippen MR) is 46.8 cm³/mol. The Morgan fingerprint density at radius 2 is 1.65 bits per heavy atom. The van der Waals surface area contributed by atoms with Gasteiger partial charge < -0.3 is 12.9 Å². The molecule has 1 aromatic carbocycles. The zero-order valence-corrected chi connectivity index (χ0v) is 7.84. The number of nitro benzene ring substituents is 1. The van der Waals surface area contributed by atoms with E-state index in [9.17, 15) is 36.2 Å². The van der Waals surface area contributed by atoms with Gasteiger partial charge in [-0.2, -0.15) is 13.2 Å². The normalized spacial score (nSPS) is 12.6. The molecule has 0 heterocycles. The molecule has 1 aromatic rings. The Balaban J connectivity index is 3.45. The molecule has 0 aliphatic heterocycles. The zero-order valence-electron chi connectivity index (χ0n) is 7.84. The zero-order chi connectivity index (χ0) is 13.4. The van der Waals surface area contributed by atoms with Crippen molar-refractivity contribution in [3.8, 4) is 0 Å². The standard InChI is InChI=1S/C7H3BF6NO2/c9-7(10,11)4-1-5(8(12,13)14)3-6(2-4)15(16)17/h1-3H/q-1. The number of nitrogens with zero attached hydrogens (tertiary/aromatic N) is 1. The van der Waals surface area contributed by atoms with Crippen LogP contribution in [0, 0.1) is 10.1 Å². The fourth-order valence-electron chi connectivity index (χ4n) is 1.09. The quantitative estimate of drug-likeness (QED) is 0.354. The van der Waals surface area contributed by atoms with Crippen LogP contribution in [0.25, 0.3) is 0 Å². The molecule has 0 aromatic heterocycles. The van der Waals surface area contributed by atoms with E-state index in [1.165, 1.54) is 0 Å². The molecule has 17 heavy (non-hydrogen) atoms. The lowest BCUT2D eigenvalue weighted by molar-refractivity contribution is -0.385. The van der Waals surface area contributed by atoms with Crippen LogP contribution < -0.4 is 5.46 Å². The van der Waals surface area contributed by atoms with Gasteiger partial charge in [-0.25, -0.2) is 0 Å². The van der Waals surface area contributed by atoms with Gasteiger partial charge >= 0.3 is 13.2 Å². The van der Waals surface area contributed by atoms with E-state index < -0.39 is 34.8 Å². The minimum Gasteiger partial charge on any atom is -0.445 e. The van der Waals surface area contributed by atoms with E-state index in [2.05, 4.69) is 0 Å². The summed E-state index contributed by atoms with van der Waals surface area (Å²) in [5.74, 6) is 0. The van der Waals surface area contributed by atoms with Gasteiger partial charge in [0.15, 0.2) is 0 Å². The minimum absolute atomic E-state index is 0.0608. The number of rotatable bonds is 2. The topological polar surface area (TPSA) is 43.1 Å². The summed E-state index contributed by atoms with van der Waals surface area (Å²) in [6, 6.07) is -0.00639. The molecule has 10 heteroatoms. The molecule has 0 fully saturated rings. The minimum atomic E-state index is -5.73. The van der Waals surface area contributed by atoms with Crippen LogP contribution in [0.1, 0.15) is 5.56 Å². The number of hydrogen-bond acceptors (Lipinski definition) is 2. The molecular formula is C7H3BF6NO2-. The monoisotopic (exact) mass is 258 g/mol. The van der Waals surface area contributed by atoms with Gasteiger partial charge in [-0.3, -0.25) is 10.1 Å².